The SMILES string of the molecule is Cc1ccc(NC(=O)CCCNC(=O)c2cccs2)cc1S(=O)(=O)N1CCOCC1. The van der Waals surface area contributed by atoms with Crippen molar-refractivity contribution in [2.75, 3.05) is 38.2 Å². The van der Waals surface area contributed by atoms with E-state index in [0.29, 0.717) is 55.4 Å². The van der Waals surface area contributed by atoms with Crippen molar-refractivity contribution in [1.29, 1.82) is 0 Å². The summed E-state index contributed by atoms with van der Waals surface area (Å²) in [5, 5.41) is 7.35. The van der Waals surface area contributed by atoms with Gasteiger partial charge in [-0.1, -0.05) is 12.1 Å². The van der Waals surface area contributed by atoms with Gasteiger partial charge in [0.1, 0.15) is 0 Å². The number of carbonyl (C=O) groups excluding carboxylic acids is 2. The van der Waals surface area contributed by atoms with Crippen LogP contribution in [0.2, 0.25) is 0 Å². The predicted molar refractivity (Wildman–Crippen MR) is 115 cm³/mol. The molecule has 1 aliphatic rings. The largest absolute Gasteiger partial charge is 0.379 e. The van der Waals surface area contributed by atoms with E-state index in [1.165, 1.54) is 21.7 Å². The molecule has 1 aliphatic heterocycles. The highest BCUT2D eigenvalue weighted by atomic mass is 32.2. The third-order valence-electron chi connectivity index (χ3n) is 4.67. The number of hydrogen-bond donors (Lipinski definition) is 2. The van der Waals surface area contributed by atoms with E-state index >= 15 is 0 Å². The predicted octanol–water partition coefficient (Wildman–Crippen LogP) is 2.23. The van der Waals surface area contributed by atoms with Gasteiger partial charge in [0.2, 0.25) is 15.9 Å². The Kier molecular flexibility index (Phi) is 7.59. The molecule has 0 unspecified atom stereocenters. The molecule has 0 bridgehead atoms. The van der Waals surface area contributed by atoms with Gasteiger partial charge in [0.25, 0.3) is 5.91 Å². The van der Waals surface area contributed by atoms with Crippen LogP contribution in [0.3, 0.4) is 0 Å². The Hall–Kier alpha value is -2.27. The molecule has 8 nitrogen and oxygen atoms in total. The lowest BCUT2D eigenvalue weighted by atomic mass is 10.2. The lowest BCUT2D eigenvalue weighted by Crippen LogP contribution is -2.40. The van der Waals surface area contributed by atoms with Crippen LogP contribution in [-0.2, 0) is 19.6 Å². The second-order valence-electron chi connectivity index (χ2n) is 6.88. The number of hydrogen-bond acceptors (Lipinski definition) is 6. The number of amides is 2. The second kappa shape index (κ2) is 10.2. The van der Waals surface area contributed by atoms with Crippen LogP contribution in [-0.4, -0.2) is 57.4 Å². The first-order chi connectivity index (χ1) is 14.4. The van der Waals surface area contributed by atoms with Crippen molar-refractivity contribution in [3.05, 3.63) is 46.2 Å². The van der Waals surface area contributed by atoms with Crippen LogP contribution >= 0.6 is 11.3 Å². The Balaban J connectivity index is 1.54. The van der Waals surface area contributed by atoms with Crippen molar-refractivity contribution < 1.29 is 22.7 Å². The zero-order chi connectivity index (χ0) is 21.6. The summed E-state index contributed by atoms with van der Waals surface area (Å²) in [6.45, 7) is 3.49. The maximum atomic E-state index is 12.9. The van der Waals surface area contributed by atoms with E-state index in [1.54, 1.807) is 25.1 Å². The molecule has 30 heavy (non-hydrogen) atoms. The minimum atomic E-state index is -3.65. The molecule has 0 radical (unpaired) electrons. The van der Waals surface area contributed by atoms with Gasteiger partial charge in [-0.3, -0.25) is 9.59 Å². The number of benzene rings is 1. The number of thiophene rings is 1. The molecule has 0 saturated carbocycles. The van der Waals surface area contributed by atoms with Gasteiger partial charge < -0.3 is 15.4 Å². The van der Waals surface area contributed by atoms with E-state index in [0.717, 1.165) is 0 Å². The van der Waals surface area contributed by atoms with Crippen molar-refractivity contribution in [1.82, 2.24) is 9.62 Å². The van der Waals surface area contributed by atoms with E-state index < -0.39 is 10.0 Å². The number of aryl methyl sites for hydroxylation is 1. The van der Waals surface area contributed by atoms with Crippen LogP contribution in [0, 0.1) is 6.92 Å². The maximum Gasteiger partial charge on any atom is 0.261 e. The van der Waals surface area contributed by atoms with Gasteiger partial charge in [-0.2, -0.15) is 4.31 Å². The molecule has 1 saturated heterocycles. The quantitative estimate of drug-likeness (QED) is 0.599. The van der Waals surface area contributed by atoms with Crippen LogP contribution in [0.15, 0.2) is 40.6 Å². The minimum Gasteiger partial charge on any atom is -0.379 e. The summed E-state index contributed by atoms with van der Waals surface area (Å²) < 4.78 is 32.5. The van der Waals surface area contributed by atoms with Crippen LogP contribution in [0.4, 0.5) is 5.69 Å². The van der Waals surface area contributed by atoms with Crippen LogP contribution in [0.25, 0.3) is 0 Å². The molecular formula is C20H25N3O5S2. The second-order valence-corrected chi connectivity index (χ2v) is 9.74. The van der Waals surface area contributed by atoms with Crippen molar-refractivity contribution >= 4 is 38.9 Å². The van der Waals surface area contributed by atoms with E-state index in [9.17, 15) is 18.0 Å². The summed E-state index contributed by atoms with van der Waals surface area (Å²) >= 11 is 1.36. The summed E-state index contributed by atoms with van der Waals surface area (Å²) in [7, 11) is -3.65. The zero-order valence-electron chi connectivity index (χ0n) is 16.7. The summed E-state index contributed by atoms with van der Waals surface area (Å²) in [4.78, 5) is 24.9. The fraction of sp³-hybridized carbons (Fsp3) is 0.400. The Morgan fingerprint density at radius 1 is 1.20 bits per heavy atom. The molecule has 3 rings (SSSR count). The van der Waals surface area contributed by atoms with E-state index in [1.807, 2.05) is 11.4 Å². The Morgan fingerprint density at radius 2 is 1.97 bits per heavy atom. The van der Waals surface area contributed by atoms with Crippen LogP contribution in [0.1, 0.15) is 28.1 Å². The molecular weight excluding hydrogens is 426 g/mol. The smallest absolute Gasteiger partial charge is 0.261 e. The average Bonchev–Trinajstić information content (AvgIpc) is 3.28. The number of morpholine rings is 1. The van der Waals surface area contributed by atoms with Crippen molar-refractivity contribution in [3.8, 4) is 0 Å². The van der Waals surface area contributed by atoms with Crippen LogP contribution < -0.4 is 10.6 Å². The first kappa shape index (κ1) is 22.4. The Bertz CT molecular complexity index is 984. The Labute approximate surface area is 180 Å². The van der Waals surface area contributed by atoms with Crippen molar-refractivity contribution in [2.24, 2.45) is 0 Å². The molecule has 2 amide bonds. The molecule has 162 valence electrons. The number of ether oxygens (including phenoxy) is 1. The minimum absolute atomic E-state index is 0.151. The lowest BCUT2D eigenvalue weighted by Gasteiger charge is -2.26. The van der Waals surface area contributed by atoms with Crippen LogP contribution in [0.5, 0.6) is 0 Å². The number of sulfonamides is 1. The highest BCUT2D eigenvalue weighted by molar-refractivity contribution is 7.89. The number of nitrogens with one attached hydrogen (secondary N) is 2. The molecule has 1 aromatic heterocycles. The molecule has 2 N–H and O–H groups in total. The van der Waals surface area contributed by atoms with Gasteiger partial charge >= 0.3 is 0 Å². The van der Waals surface area contributed by atoms with Crippen molar-refractivity contribution in [3.63, 3.8) is 0 Å². The third kappa shape index (κ3) is 5.66. The number of anilines is 1. The molecule has 1 aromatic carbocycles. The highest BCUT2D eigenvalue weighted by Gasteiger charge is 2.28. The first-order valence-corrected chi connectivity index (χ1v) is 12.0. The molecule has 0 aliphatic carbocycles. The van der Waals surface area contributed by atoms with E-state index in [2.05, 4.69) is 10.6 Å². The first-order valence-electron chi connectivity index (χ1n) is 9.68. The van der Waals surface area contributed by atoms with E-state index in [4.69, 9.17) is 4.74 Å². The topological polar surface area (TPSA) is 105 Å². The molecule has 0 spiro atoms. The standard InChI is InChI=1S/C20H25N3O5S2/c1-15-6-7-16(14-18(15)30(26,27)23-9-11-28-12-10-23)22-19(24)5-2-8-21-20(25)17-4-3-13-29-17/h3-4,6-7,13-14H,2,5,8-12H2,1H3,(H,21,25)(H,22,24). The maximum absolute atomic E-state index is 12.9. The molecule has 2 aromatic rings. The number of nitrogens with zero attached hydrogens (tertiary/aromatic N) is 1. The summed E-state index contributed by atoms with van der Waals surface area (Å²) in [6, 6.07) is 8.42. The molecule has 1 fully saturated rings. The highest BCUT2D eigenvalue weighted by Crippen LogP contribution is 2.24. The summed E-state index contributed by atoms with van der Waals surface area (Å²) in [6.07, 6.45) is 0.692. The number of rotatable bonds is 8. The monoisotopic (exact) mass is 451 g/mol. The molecule has 10 heteroatoms. The van der Waals surface area contributed by atoms with E-state index in [-0.39, 0.29) is 23.1 Å². The van der Waals surface area contributed by atoms with Gasteiger partial charge in [0.05, 0.1) is 23.0 Å². The summed E-state index contributed by atoms with van der Waals surface area (Å²) in [5.41, 5.74) is 1.05. The summed E-state index contributed by atoms with van der Waals surface area (Å²) in [5.74, 6) is -0.388. The molecule has 0 atom stereocenters. The molecule has 2 heterocycles. The fourth-order valence-corrected chi connectivity index (χ4v) is 5.35. The van der Waals surface area contributed by atoms with Gasteiger partial charge in [-0.25, -0.2) is 8.42 Å². The normalized spacial score (nSPS) is 15.0. The fourth-order valence-electron chi connectivity index (χ4n) is 3.05. The number of carbonyl (C=O) groups is 2. The Morgan fingerprint density at radius 3 is 2.67 bits per heavy atom. The van der Waals surface area contributed by atoms with Gasteiger partial charge in [0.15, 0.2) is 0 Å². The third-order valence-corrected chi connectivity index (χ3v) is 7.58. The average molecular weight is 452 g/mol. The van der Waals surface area contributed by atoms with Gasteiger partial charge in [-0.15, -0.1) is 11.3 Å². The van der Waals surface area contributed by atoms with Gasteiger partial charge in [-0.05, 0) is 42.5 Å². The van der Waals surface area contributed by atoms with Gasteiger partial charge in [0, 0.05) is 31.7 Å². The zero-order valence-corrected chi connectivity index (χ0v) is 18.4. The lowest BCUT2D eigenvalue weighted by molar-refractivity contribution is -0.116. The van der Waals surface area contributed by atoms with Crippen molar-refractivity contribution in [2.45, 2.75) is 24.7 Å².